The van der Waals surface area contributed by atoms with Gasteiger partial charge in [0.2, 0.25) is 0 Å². The second kappa shape index (κ2) is 8.67. The van der Waals surface area contributed by atoms with E-state index < -0.39 is 24.0 Å². The molecule has 0 aliphatic rings. The van der Waals surface area contributed by atoms with Crippen molar-refractivity contribution < 1.29 is 19.9 Å². The Hall–Kier alpha value is -3.34. The van der Waals surface area contributed by atoms with E-state index in [1.54, 1.807) is 36.4 Å². The molecule has 2 atom stereocenters. The molecule has 2 aromatic carbocycles. The van der Waals surface area contributed by atoms with Gasteiger partial charge in [-0.3, -0.25) is 14.8 Å². The lowest BCUT2D eigenvalue weighted by molar-refractivity contribution is -0.133. The van der Waals surface area contributed by atoms with Crippen molar-refractivity contribution in [2.45, 2.75) is 19.1 Å². The number of aliphatic hydroxyl groups is 1. The zero-order valence-corrected chi connectivity index (χ0v) is 14.1. The third kappa shape index (κ3) is 5.08. The summed E-state index contributed by atoms with van der Waals surface area (Å²) in [5.74, 6) is 4.50. The van der Waals surface area contributed by atoms with Crippen molar-refractivity contribution in [3.05, 3.63) is 65.2 Å². The maximum absolute atomic E-state index is 12.2. The molecule has 2 rings (SSSR count). The van der Waals surface area contributed by atoms with E-state index in [1.165, 1.54) is 12.4 Å². The van der Waals surface area contributed by atoms with Crippen molar-refractivity contribution in [1.29, 1.82) is 0 Å². The SMILES string of the molecule is CC(O)C(NC(=O)c1ccc(C#Cc2ccc(N)cc2)cc1)C(=O)NO. The van der Waals surface area contributed by atoms with Crippen LogP contribution in [0.5, 0.6) is 0 Å². The highest BCUT2D eigenvalue weighted by atomic mass is 16.5. The molecule has 7 nitrogen and oxygen atoms in total. The summed E-state index contributed by atoms with van der Waals surface area (Å²) in [6, 6.07) is 12.3. The van der Waals surface area contributed by atoms with Gasteiger partial charge in [-0.1, -0.05) is 11.8 Å². The van der Waals surface area contributed by atoms with Crippen LogP contribution in [0.1, 0.15) is 28.4 Å². The van der Waals surface area contributed by atoms with Crippen LogP contribution in [0.3, 0.4) is 0 Å². The van der Waals surface area contributed by atoms with Crippen molar-refractivity contribution in [1.82, 2.24) is 10.8 Å². The highest BCUT2D eigenvalue weighted by Gasteiger charge is 2.25. The number of nitrogens with one attached hydrogen (secondary N) is 2. The summed E-state index contributed by atoms with van der Waals surface area (Å²) >= 11 is 0. The van der Waals surface area contributed by atoms with E-state index in [2.05, 4.69) is 17.2 Å². The molecule has 0 bridgehead atoms. The molecule has 2 amide bonds. The van der Waals surface area contributed by atoms with Crippen molar-refractivity contribution in [2.75, 3.05) is 5.73 Å². The molecule has 0 saturated heterocycles. The number of benzene rings is 2. The van der Waals surface area contributed by atoms with Gasteiger partial charge >= 0.3 is 0 Å². The molecule has 0 aliphatic carbocycles. The number of rotatable bonds is 4. The maximum Gasteiger partial charge on any atom is 0.268 e. The number of nitrogens with two attached hydrogens (primary N) is 1. The molecular weight excluding hydrogens is 334 g/mol. The van der Waals surface area contributed by atoms with Crippen LogP contribution < -0.4 is 16.5 Å². The number of aliphatic hydroxyl groups excluding tert-OH is 1. The minimum absolute atomic E-state index is 0.291. The van der Waals surface area contributed by atoms with Crippen LogP contribution in [0.2, 0.25) is 0 Å². The van der Waals surface area contributed by atoms with Gasteiger partial charge in [0.05, 0.1) is 6.10 Å². The van der Waals surface area contributed by atoms with Crippen molar-refractivity contribution in [3.63, 3.8) is 0 Å². The lowest BCUT2D eigenvalue weighted by atomic mass is 10.1. The van der Waals surface area contributed by atoms with Gasteiger partial charge in [-0.2, -0.15) is 0 Å². The molecule has 26 heavy (non-hydrogen) atoms. The third-order valence-electron chi connectivity index (χ3n) is 3.57. The van der Waals surface area contributed by atoms with Gasteiger partial charge in [0, 0.05) is 22.4 Å². The Balaban J connectivity index is 2.08. The number of hydrogen-bond acceptors (Lipinski definition) is 5. The fraction of sp³-hybridized carbons (Fsp3) is 0.158. The van der Waals surface area contributed by atoms with E-state index in [0.29, 0.717) is 16.8 Å². The van der Waals surface area contributed by atoms with Crippen LogP contribution in [-0.4, -0.2) is 34.3 Å². The molecule has 2 unspecified atom stereocenters. The second-order valence-electron chi connectivity index (χ2n) is 5.62. The van der Waals surface area contributed by atoms with Crippen LogP contribution >= 0.6 is 0 Å². The van der Waals surface area contributed by atoms with Gasteiger partial charge in [-0.15, -0.1) is 0 Å². The molecule has 0 fully saturated rings. The fourth-order valence-electron chi connectivity index (χ4n) is 2.12. The average Bonchev–Trinajstić information content (AvgIpc) is 2.65. The highest BCUT2D eigenvalue weighted by molar-refractivity contribution is 5.97. The van der Waals surface area contributed by atoms with E-state index in [4.69, 9.17) is 10.9 Å². The molecule has 7 heteroatoms. The molecule has 6 N–H and O–H groups in total. The quantitative estimate of drug-likeness (QED) is 0.239. The van der Waals surface area contributed by atoms with Crippen LogP contribution in [0.15, 0.2) is 48.5 Å². The number of nitrogen functional groups attached to an aromatic ring is 1. The van der Waals surface area contributed by atoms with Crippen molar-refractivity contribution in [3.8, 4) is 11.8 Å². The zero-order chi connectivity index (χ0) is 19.1. The largest absolute Gasteiger partial charge is 0.399 e. The summed E-state index contributed by atoms with van der Waals surface area (Å²) in [6.07, 6.45) is -1.17. The van der Waals surface area contributed by atoms with Gasteiger partial charge in [0.15, 0.2) is 0 Å². The van der Waals surface area contributed by atoms with Gasteiger partial charge in [0.25, 0.3) is 11.8 Å². The first-order valence-corrected chi connectivity index (χ1v) is 7.81. The Morgan fingerprint density at radius 2 is 1.50 bits per heavy atom. The van der Waals surface area contributed by atoms with E-state index >= 15 is 0 Å². The van der Waals surface area contributed by atoms with Crippen molar-refractivity contribution >= 4 is 17.5 Å². The second-order valence-corrected chi connectivity index (χ2v) is 5.62. The van der Waals surface area contributed by atoms with Crippen LogP contribution in [-0.2, 0) is 4.79 Å². The summed E-state index contributed by atoms with van der Waals surface area (Å²) in [5, 5.41) is 20.6. The lowest BCUT2D eigenvalue weighted by Crippen LogP contribution is -2.51. The average molecular weight is 353 g/mol. The summed E-state index contributed by atoms with van der Waals surface area (Å²) < 4.78 is 0. The Kier molecular flexibility index (Phi) is 6.33. The minimum Gasteiger partial charge on any atom is -0.399 e. The summed E-state index contributed by atoms with van der Waals surface area (Å²) in [7, 11) is 0. The van der Waals surface area contributed by atoms with E-state index in [1.807, 2.05) is 12.1 Å². The van der Waals surface area contributed by atoms with Crippen LogP contribution in [0, 0.1) is 11.8 Å². The number of amides is 2. The first kappa shape index (κ1) is 19.0. The van der Waals surface area contributed by atoms with E-state index in [-0.39, 0.29) is 0 Å². The summed E-state index contributed by atoms with van der Waals surface area (Å²) in [4.78, 5) is 23.6. The molecule has 0 spiro atoms. The molecular formula is C19H19N3O4. The molecule has 0 radical (unpaired) electrons. The lowest BCUT2D eigenvalue weighted by Gasteiger charge is -2.19. The number of carbonyl (C=O) groups is 2. The topological polar surface area (TPSA) is 125 Å². The number of anilines is 1. The molecule has 0 aromatic heterocycles. The van der Waals surface area contributed by atoms with Gasteiger partial charge in [-0.05, 0) is 55.5 Å². The molecule has 134 valence electrons. The normalized spacial score (nSPS) is 12.3. The number of hydrogen-bond donors (Lipinski definition) is 5. The van der Waals surface area contributed by atoms with Crippen molar-refractivity contribution in [2.24, 2.45) is 0 Å². The van der Waals surface area contributed by atoms with Gasteiger partial charge < -0.3 is 16.2 Å². The minimum atomic E-state index is -1.27. The first-order chi connectivity index (χ1) is 12.4. The number of carbonyl (C=O) groups excluding carboxylic acids is 2. The van der Waals surface area contributed by atoms with Crippen LogP contribution in [0.25, 0.3) is 0 Å². The van der Waals surface area contributed by atoms with Crippen LogP contribution in [0.4, 0.5) is 5.69 Å². The number of hydroxylamine groups is 1. The standard InChI is InChI=1S/C19H19N3O4/c1-12(23)17(19(25)22-26)21-18(24)15-8-4-13(5-9-15)2-3-14-6-10-16(20)11-7-14/h4-12,17,23,26H,20H2,1H3,(H,21,24)(H,22,25). The third-order valence-corrected chi connectivity index (χ3v) is 3.57. The Morgan fingerprint density at radius 1 is 1.00 bits per heavy atom. The predicted molar refractivity (Wildman–Crippen MR) is 96.1 cm³/mol. The van der Waals surface area contributed by atoms with Gasteiger partial charge in [0.1, 0.15) is 6.04 Å². The maximum atomic E-state index is 12.2. The smallest absolute Gasteiger partial charge is 0.268 e. The fourth-order valence-corrected chi connectivity index (χ4v) is 2.12. The molecule has 0 saturated carbocycles. The van der Waals surface area contributed by atoms with E-state index in [9.17, 15) is 14.7 Å². The summed E-state index contributed by atoms with van der Waals surface area (Å²) in [5.41, 5.74) is 9.50. The molecule has 0 heterocycles. The molecule has 0 aliphatic heterocycles. The predicted octanol–water partition coefficient (Wildman–Crippen LogP) is 0.653. The highest BCUT2D eigenvalue weighted by Crippen LogP contribution is 2.07. The first-order valence-electron chi connectivity index (χ1n) is 7.81. The zero-order valence-electron chi connectivity index (χ0n) is 14.1. The van der Waals surface area contributed by atoms with Gasteiger partial charge in [-0.25, -0.2) is 5.48 Å². The summed E-state index contributed by atoms with van der Waals surface area (Å²) in [6.45, 7) is 1.33. The monoisotopic (exact) mass is 353 g/mol. The molecule has 2 aromatic rings. The van der Waals surface area contributed by atoms with E-state index in [0.717, 1.165) is 5.56 Å². The Bertz CT molecular complexity index is 834. The Morgan fingerprint density at radius 3 is 1.96 bits per heavy atom. The Labute approximate surface area is 150 Å².